The summed E-state index contributed by atoms with van der Waals surface area (Å²) < 4.78 is 0. The molecule has 17 N–H and O–H groups in total. The lowest BCUT2D eigenvalue weighted by Gasteiger charge is -2.24. The minimum absolute atomic E-state index is 0.216. The van der Waals surface area contributed by atoms with Gasteiger partial charge in [-0.15, -0.1) is 0 Å². The number of hydrogen-bond donors (Lipinski definition) is 11. The lowest BCUT2D eigenvalue weighted by Crippen LogP contribution is -2.23. The Labute approximate surface area is 315 Å². The predicted octanol–water partition coefficient (Wildman–Crippen LogP) is 6.85. The molecule has 0 radical (unpaired) electrons. The third-order valence-corrected chi connectivity index (χ3v) is 7.92. The number of benzene rings is 6. The van der Waals surface area contributed by atoms with E-state index in [1.807, 2.05) is 31.2 Å². The highest BCUT2D eigenvalue weighted by atomic mass is 16.7. The van der Waals surface area contributed by atoms with Gasteiger partial charge in [0.1, 0.15) is 17.2 Å². The lowest BCUT2D eigenvalue weighted by molar-refractivity contribution is 0.116. The highest BCUT2D eigenvalue weighted by Crippen LogP contribution is 2.25. The fraction of sp³-hybridized carbons (Fsp3) is 0.122. The van der Waals surface area contributed by atoms with E-state index in [4.69, 9.17) is 44.3 Å². The zero-order valence-corrected chi connectivity index (χ0v) is 30.1. The van der Waals surface area contributed by atoms with Crippen LogP contribution in [0.2, 0.25) is 0 Å². The quantitative estimate of drug-likeness (QED) is 0.0371. The summed E-state index contributed by atoms with van der Waals surface area (Å²) in [5.41, 5.74) is 44.3. The van der Waals surface area contributed by atoms with Gasteiger partial charge >= 0.3 is 0 Å². The molecule has 6 aromatic carbocycles. The second-order valence-corrected chi connectivity index (χ2v) is 12.1. The molecule has 0 aliphatic carbocycles. The van der Waals surface area contributed by atoms with Gasteiger partial charge in [0.05, 0.1) is 18.8 Å². The zero-order valence-electron chi connectivity index (χ0n) is 30.1. The van der Waals surface area contributed by atoms with Crippen molar-refractivity contribution in [3.63, 3.8) is 0 Å². The molecule has 0 saturated heterocycles. The van der Waals surface area contributed by atoms with E-state index < -0.39 is 0 Å². The standard InChI is InChI=1S/C15H19N3O2.2C13H15N3O/c1-2-20-18(13-4-6-14(19)7-5-13)10-11-9-12(16)3-8-15(11)17;14-10-1-6-13(15)9(7-10)8-16-11-2-4-12(17)5-3-11;14-10-4-5-13(15)9(6-10)8-16-11-2-1-3-12(17)7-11/h3-9,19H,2,10,16-17H2,1H3;2*1-7,16-17H,8,14-15H2. The number of nitrogens with zero attached hydrogens (tertiary/aromatic N) is 1. The summed E-state index contributed by atoms with van der Waals surface area (Å²) in [4.78, 5) is 5.62. The maximum absolute atomic E-state index is 9.34. The van der Waals surface area contributed by atoms with Crippen LogP contribution < -0.4 is 50.1 Å². The van der Waals surface area contributed by atoms with Crippen LogP contribution in [0.3, 0.4) is 0 Å². The number of hydroxylamine groups is 1. The molecule has 0 heterocycles. The molecule has 0 spiro atoms. The van der Waals surface area contributed by atoms with Gasteiger partial charge in [-0.3, -0.25) is 4.84 Å². The molecule has 282 valence electrons. The molecular weight excluding hydrogens is 683 g/mol. The Morgan fingerprint density at radius 1 is 0.500 bits per heavy atom. The number of anilines is 9. The highest BCUT2D eigenvalue weighted by Gasteiger charge is 2.11. The molecular formula is C41H49N9O4. The van der Waals surface area contributed by atoms with E-state index >= 15 is 0 Å². The summed E-state index contributed by atoms with van der Waals surface area (Å²) in [6, 6.07) is 36.8. The Balaban J connectivity index is 0.000000181. The second-order valence-electron chi connectivity index (χ2n) is 12.1. The molecule has 13 nitrogen and oxygen atoms in total. The van der Waals surface area contributed by atoms with Crippen LogP contribution >= 0.6 is 0 Å². The average Bonchev–Trinajstić information content (AvgIpc) is 3.15. The molecule has 13 heteroatoms. The number of phenols is 3. The third kappa shape index (κ3) is 12.6. The Hall–Kier alpha value is -7.12. The van der Waals surface area contributed by atoms with Gasteiger partial charge in [0, 0.05) is 64.7 Å². The van der Waals surface area contributed by atoms with Crippen LogP contribution in [0.5, 0.6) is 17.2 Å². The van der Waals surface area contributed by atoms with E-state index in [2.05, 4.69) is 10.6 Å². The average molecular weight is 732 g/mol. The van der Waals surface area contributed by atoms with Gasteiger partial charge in [-0.2, -0.15) is 0 Å². The first-order valence-corrected chi connectivity index (χ1v) is 17.1. The number of phenolic OH excluding ortho intramolecular Hbond substituents is 3. The Bertz CT molecular complexity index is 2080. The number of hydrogen-bond acceptors (Lipinski definition) is 13. The molecule has 0 aromatic heterocycles. The minimum Gasteiger partial charge on any atom is -0.508 e. The molecule has 0 atom stereocenters. The van der Waals surface area contributed by atoms with Crippen LogP contribution in [0.25, 0.3) is 0 Å². The Morgan fingerprint density at radius 3 is 1.46 bits per heavy atom. The fourth-order valence-electron chi connectivity index (χ4n) is 5.05. The van der Waals surface area contributed by atoms with E-state index in [9.17, 15) is 10.2 Å². The predicted molar refractivity (Wildman–Crippen MR) is 223 cm³/mol. The van der Waals surface area contributed by atoms with Crippen molar-refractivity contribution in [3.05, 3.63) is 144 Å². The van der Waals surface area contributed by atoms with Crippen LogP contribution in [0.1, 0.15) is 23.6 Å². The van der Waals surface area contributed by atoms with Gasteiger partial charge in [0.15, 0.2) is 0 Å². The molecule has 0 aliphatic rings. The van der Waals surface area contributed by atoms with E-state index in [1.54, 1.807) is 108 Å². The molecule has 0 amide bonds. The van der Waals surface area contributed by atoms with Crippen molar-refractivity contribution in [3.8, 4) is 17.2 Å². The number of rotatable bonds is 11. The van der Waals surface area contributed by atoms with E-state index in [0.29, 0.717) is 60.4 Å². The van der Waals surface area contributed by atoms with Gasteiger partial charge in [-0.25, -0.2) is 5.06 Å². The van der Waals surface area contributed by atoms with Crippen LogP contribution in [0.15, 0.2) is 127 Å². The maximum atomic E-state index is 9.34. The number of nitrogens with two attached hydrogens (primary N) is 6. The van der Waals surface area contributed by atoms with E-state index in [1.165, 1.54) is 0 Å². The van der Waals surface area contributed by atoms with Crippen molar-refractivity contribution in [2.75, 3.05) is 56.7 Å². The van der Waals surface area contributed by atoms with Gasteiger partial charge in [0.2, 0.25) is 0 Å². The smallest absolute Gasteiger partial charge is 0.117 e. The monoisotopic (exact) mass is 731 g/mol. The minimum atomic E-state index is 0.216. The topological polar surface area (TPSA) is 253 Å². The van der Waals surface area contributed by atoms with Crippen molar-refractivity contribution in [2.45, 2.75) is 26.6 Å². The van der Waals surface area contributed by atoms with E-state index in [0.717, 1.165) is 33.8 Å². The van der Waals surface area contributed by atoms with Crippen molar-refractivity contribution >= 4 is 51.2 Å². The number of nitrogens with one attached hydrogen (secondary N) is 2. The first kappa shape index (κ1) is 39.7. The summed E-state index contributed by atoms with van der Waals surface area (Å²) in [5, 5.41) is 35.9. The summed E-state index contributed by atoms with van der Waals surface area (Å²) in [6.45, 7) is 4.09. The molecule has 0 aliphatic heterocycles. The largest absolute Gasteiger partial charge is 0.508 e. The molecule has 54 heavy (non-hydrogen) atoms. The number of aromatic hydroxyl groups is 3. The normalized spacial score (nSPS) is 10.2. The summed E-state index contributed by atoms with van der Waals surface area (Å²) >= 11 is 0. The highest BCUT2D eigenvalue weighted by molar-refractivity contribution is 5.59. The van der Waals surface area contributed by atoms with Crippen molar-refractivity contribution in [1.29, 1.82) is 0 Å². The molecule has 6 aromatic rings. The van der Waals surface area contributed by atoms with Crippen molar-refractivity contribution < 1.29 is 20.2 Å². The molecule has 0 bridgehead atoms. The molecule has 6 rings (SSSR count). The van der Waals surface area contributed by atoms with Gasteiger partial charge < -0.3 is 60.4 Å². The maximum Gasteiger partial charge on any atom is 0.117 e. The first-order valence-electron chi connectivity index (χ1n) is 17.1. The molecule has 0 fully saturated rings. The SMILES string of the molecule is CCON(Cc1cc(N)ccc1N)c1ccc(O)cc1.Nc1ccc(N)c(CNc2ccc(O)cc2)c1.Nc1ccc(N)c(CNc2cccc(O)c2)c1. The van der Waals surface area contributed by atoms with Gasteiger partial charge in [-0.1, -0.05) is 6.07 Å². The van der Waals surface area contributed by atoms with Crippen LogP contribution in [0, 0.1) is 0 Å². The second kappa shape index (κ2) is 19.5. The lowest BCUT2D eigenvalue weighted by atomic mass is 10.1. The summed E-state index contributed by atoms with van der Waals surface area (Å²) in [7, 11) is 0. The first-order chi connectivity index (χ1) is 25.9. The Morgan fingerprint density at radius 2 is 0.963 bits per heavy atom. The van der Waals surface area contributed by atoms with Crippen LogP contribution in [0.4, 0.5) is 51.2 Å². The summed E-state index contributed by atoms with van der Waals surface area (Å²) in [6.07, 6.45) is 0. The zero-order chi connectivity index (χ0) is 39.0. The van der Waals surface area contributed by atoms with E-state index in [-0.39, 0.29) is 17.2 Å². The molecule has 0 unspecified atom stereocenters. The molecule has 0 saturated carbocycles. The van der Waals surface area contributed by atoms with Crippen LogP contribution in [-0.4, -0.2) is 21.9 Å². The third-order valence-electron chi connectivity index (χ3n) is 7.92. The Kier molecular flexibility index (Phi) is 14.3. The summed E-state index contributed by atoms with van der Waals surface area (Å²) in [5.74, 6) is 0.697. The van der Waals surface area contributed by atoms with Crippen molar-refractivity contribution in [2.24, 2.45) is 0 Å². The van der Waals surface area contributed by atoms with Crippen molar-refractivity contribution in [1.82, 2.24) is 0 Å². The van der Waals surface area contributed by atoms with Gasteiger partial charge in [-0.05, 0) is 139 Å². The fourth-order valence-corrected chi connectivity index (χ4v) is 5.05. The number of nitrogen functional groups attached to an aromatic ring is 6. The van der Waals surface area contributed by atoms with Gasteiger partial charge in [0.25, 0.3) is 0 Å². The van der Waals surface area contributed by atoms with Crippen LogP contribution in [-0.2, 0) is 24.5 Å².